The van der Waals surface area contributed by atoms with E-state index in [0.717, 1.165) is 0 Å². The van der Waals surface area contributed by atoms with Crippen LogP contribution in [0.4, 0.5) is 0 Å². The predicted molar refractivity (Wildman–Crippen MR) is 108 cm³/mol. The topological polar surface area (TPSA) is 102 Å². The third kappa shape index (κ3) is 8.62. The van der Waals surface area contributed by atoms with E-state index < -0.39 is 11.1 Å². The maximum atomic E-state index is 12.4. The molecule has 1 aliphatic heterocycles. The number of rotatable bonds is 13. The third-order valence-corrected chi connectivity index (χ3v) is 4.97. The van der Waals surface area contributed by atoms with E-state index in [1.54, 1.807) is 6.92 Å². The molecule has 8 heteroatoms. The predicted octanol–water partition coefficient (Wildman–Crippen LogP) is 1.85. The second-order valence-electron chi connectivity index (χ2n) is 9.03. The fourth-order valence-electron chi connectivity index (χ4n) is 3.22. The van der Waals surface area contributed by atoms with Gasteiger partial charge in [0.05, 0.1) is 13.2 Å². The molecule has 1 saturated heterocycles. The van der Waals surface area contributed by atoms with Crippen molar-refractivity contribution < 1.29 is 28.7 Å². The molecule has 1 N–H and O–H groups in total. The first-order chi connectivity index (χ1) is 13.4. The number of amides is 3. The van der Waals surface area contributed by atoms with Gasteiger partial charge in [0.2, 0.25) is 17.7 Å². The van der Waals surface area contributed by atoms with Crippen LogP contribution in [0.5, 0.6) is 0 Å². The second-order valence-corrected chi connectivity index (χ2v) is 9.03. The number of nitrogens with one attached hydrogen (secondary N) is 1. The fraction of sp³-hybridized carbons (Fsp3) is 0.810. The van der Waals surface area contributed by atoms with E-state index in [9.17, 15) is 19.2 Å². The van der Waals surface area contributed by atoms with Crippen molar-refractivity contribution in [1.29, 1.82) is 0 Å². The maximum Gasteiger partial charge on any atom is 0.233 e. The molecule has 0 aromatic carbocycles. The number of likely N-dealkylation sites (tertiary alicyclic amines) is 1. The van der Waals surface area contributed by atoms with Gasteiger partial charge in [0.1, 0.15) is 6.61 Å². The summed E-state index contributed by atoms with van der Waals surface area (Å²) in [6, 6.07) is 0. The molecule has 0 radical (unpaired) electrons. The fourth-order valence-corrected chi connectivity index (χ4v) is 3.22. The van der Waals surface area contributed by atoms with Gasteiger partial charge in [-0.1, -0.05) is 6.92 Å². The summed E-state index contributed by atoms with van der Waals surface area (Å²) in [5.74, 6) is -0.768. The highest BCUT2D eigenvalue weighted by atomic mass is 16.5. The first kappa shape index (κ1) is 25.2. The monoisotopic (exact) mass is 412 g/mol. The van der Waals surface area contributed by atoms with Crippen molar-refractivity contribution in [2.24, 2.45) is 5.92 Å². The average molecular weight is 413 g/mol. The lowest BCUT2D eigenvalue weighted by Crippen LogP contribution is -2.49. The lowest BCUT2D eigenvalue weighted by molar-refractivity contribution is -0.146. The number of carbonyl (C=O) groups is 4. The first-order valence-electron chi connectivity index (χ1n) is 10.2. The molecular formula is C21H36N2O6. The second kappa shape index (κ2) is 10.8. The van der Waals surface area contributed by atoms with E-state index in [1.807, 2.05) is 27.7 Å². The summed E-state index contributed by atoms with van der Waals surface area (Å²) in [6.07, 6.45) is 1.49. The van der Waals surface area contributed by atoms with Crippen LogP contribution in [0.15, 0.2) is 0 Å². The van der Waals surface area contributed by atoms with E-state index in [4.69, 9.17) is 9.47 Å². The number of hydrogen-bond acceptors (Lipinski definition) is 6. The summed E-state index contributed by atoms with van der Waals surface area (Å²) < 4.78 is 10.6. The molecule has 1 heterocycles. The molecule has 0 bridgehead atoms. The van der Waals surface area contributed by atoms with Gasteiger partial charge in [0.15, 0.2) is 5.78 Å². The molecule has 0 aliphatic carbocycles. The van der Waals surface area contributed by atoms with Gasteiger partial charge in [-0.05, 0) is 47.5 Å². The molecule has 29 heavy (non-hydrogen) atoms. The van der Waals surface area contributed by atoms with Gasteiger partial charge in [-0.15, -0.1) is 0 Å². The molecule has 1 rings (SSSR count). The van der Waals surface area contributed by atoms with Gasteiger partial charge in [0, 0.05) is 36.4 Å². The lowest BCUT2D eigenvalue weighted by atomic mass is 9.94. The number of nitrogens with zero attached hydrogens (tertiary/aromatic N) is 1. The quantitative estimate of drug-likeness (QED) is 0.366. The first-order valence-corrected chi connectivity index (χ1v) is 10.2. The Labute approximate surface area is 173 Å². The van der Waals surface area contributed by atoms with Crippen LogP contribution in [0.25, 0.3) is 0 Å². The Morgan fingerprint density at radius 3 is 2.24 bits per heavy atom. The van der Waals surface area contributed by atoms with E-state index in [2.05, 4.69) is 5.32 Å². The van der Waals surface area contributed by atoms with E-state index in [1.165, 1.54) is 11.8 Å². The minimum atomic E-state index is -0.691. The molecule has 1 aliphatic rings. The Balaban J connectivity index is 2.34. The minimum Gasteiger partial charge on any atom is -0.379 e. The van der Waals surface area contributed by atoms with Gasteiger partial charge in [-0.3, -0.25) is 24.1 Å². The van der Waals surface area contributed by atoms with Crippen molar-refractivity contribution >= 4 is 23.5 Å². The van der Waals surface area contributed by atoms with E-state index >= 15 is 0 Å². The van der Waals surface area contributed by atoms with Crippen molar-refractivity contribution in [2.75, 3.05) is 26.4 Å². The van der Waals surface area contributed by atoms with Crippen LogP contribution in [0, 0.1) is 5.92 Å². The van der Waals surface area contributed by atoms with Crippen molar-refractivity contribution in [3.63, 3.8) is 0 Å². The number of imide groups is 1. The summed E-state index contributed by atoms with van der Waals surface area (Å²) in [5, 5.41) is 2.98. The van der Waals surface area contributed by atoms with Crippen molar-refractivity contribution in [1.82, 2.24) is 10.2 Å². The van der Waals surface area contributed by atoms with Gasteiger partial charge >= 0.3 is 0 Å². The van der Waals surface area contributed by atoms with Gasteiger partial charge < -0.3 is 14.8 Å². The number of carbonyl (C=O) groups excluding carboxylic acids is 4. The van der Waals surface area contributed by atoms with Crippen LogP contribution in [0.1, 0.15) is 67.2 Å². The minimum absolute atomic E-state index is 0.0231. The normalized spacial score (nSPS) is 17.7. The highest BCUT2D eigenvalue weighted by Gasteiger charge is 2.44. The molecule has 0 aromatic rings. The number of hydrogen-bond donors (Lipinski definition) is 1. The summed E-state index contributed by atoms with van der Waals surface area (Å²) in [4.78, 5) is 48.8. The summed E-state index contributed by atoms with van der Waals surface area (Å²) >= 11 is 0. The Morgan fingerprint density at radius 1 is 1.07 bits per heavy atom. The lowest BCUT2D eigenvalue weighted by Gasteiger charge is -2.34. The van der Waals surface area contributed by atoms with E-state index in [-0.39, 0.29) is 48.9 Å². The summed E-state index contributed by atoms with van der Waals surface area (Å²) in [6.45, 7) is 12.0. The van der Waals surface area contributed by atoms with Crippen LogP contribution in [0.3, 0.4) is 0 Å². The van der Waals surface area contributed by atoms with Crippen LogP contribution >= 0.6 is 0 Å². The van der Waals surface area contributed by atoms with Crippen LogP contribution in [-0.4, -0.2) is 65.9 Å². The van der Waals surface area contributed by atoms with Gasteiger partial charge in [-0.2, -0.15) is 0 Å². The SMILES string of the molecule is CC(=O)COCCOCCC(C)(C)NC(=O)CCC(C)(C)N1C(=O)CC(C)C1=O. The summed E-state index contributed by atoms with van der Waals surface area (Å²) in [7, 11) is 0. The maximum absolute atomic E-state index is 12.4. The average Bonchev–Trinajstić information content (AvgIpc) is 2.84. The zero-order valence-electron chi connectivity index (χ0n) is 18.6. The Morgan fingerprint density at radius 2 is 1.69 bits per heavy atom. The van der Waals surface area contributed by atoms with Gasteiger partial charge in [-0.25, -0.2) is 0 Å². The molecule has 0 aromatic heterocycles. The molecule has 3 amide bonds. The van der Waals surface area contributed by atoms with Crippen molar-refractivity contribution in [2.45, 2.75) is 78.3 Å². The molecule has 1 atom stereocenters. The van der Waals surface area contributed by atoms with Crippen LogP contribution in [0.2, 0.25) is 0 Å². The smallest absolute Gasteiger partial charge is 0.233 e. The third-order valence-electron chi connectivity index (χ3n) is 4.97. The largest absolute Gasteiger partial charge is 0.379 e. The molecular weight excluding hydrogens is 376 g/mol. The Kier molecular flexibility index (Phi) is 9.42. The molecule has 0 spiro atoms. The molecule has 1 fully saturated rings. The highest BCUT2D eigenvalue weighted by molar-refractivity contribution is 6.04. The zero-order chi connectivity index (χ0) is 22.2. The van der Waals surface area contributed by atoms with Gasteiger partial charge in [0.25, 0.3) is 0 Å². The molecule has 8 nitrogen and oxygen atoms in total. The molecule has 166 valence electrons. The van der Waals surface area contributed by atoms with Crippen molar-refractivity contribution in [3.05, 3.63) is 0 Å². The Hall–Kier alpha value is -1.80. The zero-order valence-corrected chi connectivity index (χ0v) is 18.6. The molecule has 1 unspecified atom stereocenters. The number of Topliss-reactive ketones (excluding diaryl/α,β-unsaturated/α-hetero) is 1. The summed E-state index contributed by atoms with van der Waals surface area (Å²) in [5.41, 5.74) is -1.14. The number of ketones is 1. The van der Waals surface area contributed by atoms with Crippen LogP contribution < -0.4 is 5.32 Å². The number of ether oxygens (including phenoxy) is 2. The van der Waals surface area contributed by atoms with E-state index in [0.29, 0.717) is 32.7 Å². The van der Waals surface area contributed by atoms with Crippen molar-refractivity contribution in [3.8, 4) is 0 Å². The molecule has 0 saturated carbocycles. The standard InChI is InChI=1S/C21H36N2O6/c1-15-13-18(26)23(19(15)27)21(5,6)8-7-17(25)22-20(3,4)9-10-28-11-12-29-14-16(2)24/h15H,7-14H2,1-6H3,(H,22,25). The highest BCUT2D eigenvalue weighted by Crippen LogP contribution is 2.30. The van der Waals surface area contributed by atoms with Crippen LogP contribution in [-0.2, 0) is 28.7 Å². The Bertz CT molecular complexity index is 614.